The molecule has 0 fully saturated rings. The smallest absolute Gasteiger partial charge is 0.308 e. The van der Waals surface area contributed by atoms with Crippen molar-refractivity contribution in [2.24, 2.45) is 0 Å². The molecule has 0 saturated heterocycles. The molecule has 0 spiro atoms. The third-order valence-electron chi connectivity index (χ3n) is 3.87. The number of pyridine rings is 1. The van der Waals surface area contributed by atoms with Gasteiger partial charge in [0.1, 0.15) is 10.6 Å². The molecule has 0 radical (unpaired) electrons. The predicted molar refractivity (Wildman–Crippen MR) is 99.3 cm³/mol. The largest absolute Gasteiger partial charge is 0.493 e. The molecule has 0 unspecified atom stereocenters. The maximum Gasteiger partial charge on any atom is 0.308 e. The number of carbonyl (C=O) groups is 1. The van der Waals surface area contributed by atoms with Crippen molar-refractivity contribution in [3.05, 3.63) is 74.0 Å². The van der Waals surface area contributed by atoms with E-state index in [-0.39, 0.29) is 4.88 Å². The number of H-pyrrole nitrogens is 1. The highest BCUT2D eigenvalue weighted by atomic mass is 32.1. The quantitative estimate of drug-likeness (QED) is 0.624. The monoisotopic (exact) mass is 370 g/mol. The van der Waals surface area contributed by atoms with E-state index in [1.807, 2.05) is 12.3 Å². The van der Waals surface area contributed by atoms with Gasteiger partial charge in [0.2, 0.25) is 11.7 Å². The van der Waals surface area contributed by atoms with Gasteiger partial charge < -0.3 is 9.84 Å². The summed E-state index contributed by atoms with van der Waals surface area (Å²) in [6.45, 7) is 2.57. The van der Waals surface area contributed by atoms with E-state index in [0.29, 0.717) is 35.7 Å². The Morgan fingerprint density at radius 2 is 2.00 bits per heavy atom. The second-order valence-corrected chi connectivity index (χ2v) is 6.64. The van der Waals surface area contributed by atoms with E-state index in [9.17, 15) is 14.7 Å². The highest BCUT2D eigenvalue weighted by molar-refractivity contribution is 7.11. The molecule has 3 aromatic rings. The van der Waals surface area contributed by atoms with Crippen LogP contribution in [0.3, 0.4) is 0 Å². The molecule has 0 aliphatic carbocycles. The normalized spacial score (nSPS) is 10.7. The molecule has 0 atom stereocenters. The summed E-state index contributed by atoms with van der Waals surface area (Å²) < 4.78 is 5.68. The molecule has 3 rings (SSSR count). The number of nitrogens with zero attached hydrogens (tertiary/aromatic N) is 1. The van der Waals surface area contributed by atoms with Crippen LogP contribution in [0.15, 0.2) is 47.4 Å². The van der Waals surface area contributed by atoms with Crippen molar-refractivity contribution in [3.8, 4) is 11.6 Å². The molecule has 134 valence electrons. The van der Waals surface area contributed by atoms with E-state index < -0.39 is 16.5 Å². The van der Waals surface area contributed by atoms with Gasteiger partial charge in [0.25, 0.3) is 0 Å². The maximum absolute atomic E-state index is 12.3. The van der Waals surface area contributed by atoms with Gasteiger partial charge in [-0.15, -0.1) is 0 Å². The van der Waals surface area contributed by atoms with Gasteiger partial charge in [-0.05, 0) is 42.3 Å². The zero-order valence-corrected chi connectivity index (χ0v) is 15.0. The number of hydrogen-bond acceptors (Lipinski definition) is 6. The number of rotatable bonds is 7. The van der Waals surface area contributed by atoms with E-state index in [2.05, 4.69) is 23.0 Å². The SMILES string of the molecule is CCc1ccc(CCOc2ccc(C(=O)c3sc(=O)[nH]c3O)cc2)nc1. The fraction of sp³-hybridized carbons (Fsp3) is 0.211. The highest BCUT2D eigenvalue weighted by Crippen LogP contribution is 2.22. The number of aryl methyl sites for hydroxylation is 1. The van der Waals surface area contributed by atoms with Gasteiger partial charge in [0.15, 0.2) is 0 Å². The van der Waals surface area contributed by atoms with E-state index in [4.69, 9.17) is 4.74 Å². The van der Waals surface area contributed by atoms with Crippen molar-refractivity contribution in [3.63, 3.8) is 0 Å². The summed E-state index contributed by atoms with van der Waals surface area (Å²) in [5.74, 6) is -0.164. The van der Waals surface area contributed by atoms with Crippen LogP contribution >= 0.6 is 11.3 Å². The predicted octanol–water partition coefficient (Wildman–Crippen LogP) is 2.95. The number of benzene rings is 1. The minimum Gasteiger partial charge on any atom is -0.493 e. The summed E-state index contributed by atoms with van der Waals surface area (Å²) in [6.07, 6.45) is 3.53. The summed E-state index contributed by atoms with van der Waals surface area (Å²) >= 11 is 0.687. The Morgan fingerprint density at radius 3 is 2.58 bits per heavy atom. The average molecular weight is 370 g/mol. The average Bonchev–Trinajstić information content (AvgIpc) is 3.00. The highest BCUT2D eigenvalue weighted by Gasteiger charge is 2.17. The third-order valence-corrected chi connectivity index (χ3v) is 4.74. The first-order valence-corrected chi connectivity index (χ1v) is 9.02. The molecule has 2 heterocycles. The van der Waals surface area contributed by atoms with Gasteiger partial charge in [0, 0.05) is 23.9 Å². The molecule has 0 bridgehead atoms. The maximum atomic E-state index is 12.3. The second-order valence-electron chi connectivity index (χ2n) is 5.66. The number of carbonyl (C=O) groups excluding carboxylic acids is 1. The number of aromatic hydroxyl groups is 1. The van der Waals surface area contributed by atoms with Gasteiger partial charge >= 0.3 is 4.87 Å². The van der Waals surface area contributed by atoms with Crippen molar-refractivity contribution >= 4 is 17.1 Å². The first-order chi connectivity index (χ1) is 12.6. The lowest BCUT2D eigenvalue weighted by Crippen LogP contribution is -2.04. The summed E-state index contributed by atoms with van der Waals surface area (Å²) in [5, 5.41) is 9.58. The Labute approximate surface area is 154 Å². The Hall–Kier alpha value is -2.93. The first kappa shape index (κ1) is 17.9. The van der Waals surface area contributed by atoms with Crippen LogP contribution in [0.5, 0.6) is 11.6 Å². The number of ether oxygens (including phenoxy) is 1. The fourth-order valence-corrected chi connectivity index (χ4v) is 3.08. The Balaban J connectivity index is 1.58. The molecule has 0 aliphatic rings. The minimum atomic E-state index is -0.466. The number of hydrogen-bond donors (Lipinski definition) is 2. The van der Waals surface area contributed by atoms with Crippen LogP contribution in [0.25, 0.3) is 0 Å². The van der Waals surface area contributed by atoms with Crippen molar-refractivity contribution in [1.82, 2.24) is 9.97 Å². The molecular formula is C19H18N2O4S. The number of thiazole rings is 1. The minimum absolute atomic E-state index is 0.00488. The van der Waals surface area contributed by atoms with Gasteiger partial charge in [-0.3, -0.25) is 19.6 Å². The lowest BCUT2D eigenvalue weighted by molar-refractivity contribution is 0.104. The molecule has 2 aromatic heterocycles. The van der Waals surface area contributed by atoms with Crippen molar-refractivity contribution in [2.75, 3.05) is 6.61 Å². The summed E-state index contributed by atoms with van der Waals surface area (Å²) in [6, 6.07) is 10.7. The Morgan fingerprint density at radius 1 is 1.23 bits per heavy atom. The second kappa shape index (κ2) is 7.97. The molecule has 26 heavy (non-hydrogen) atoms. The van der Waals surface area contributed by atoms with Gasteiger partial charge in [0.05, 0.1) is 6.61 Å². The van der Waals surface area contributed by atoms with E-state index in [1.165, 1.54) is 5.56 Å². The van der Waals surface area contributed by atoms with Crippen molar-refractivity contribution < 1.29 is 14.6 Å². The van der Waals surface area contributed by atoms with Gasteiger partial charge in [-0.25, -0.2) is 0 Å². The zero-order valence-electron chi connectivity index (χ0n) is 14.2. The molecular weight excluding hydrogens is 352 g/mol. The zero-order chi connectivity index (χ0) is 18.5. The topological polar surface area (TPSA) is 92.3 Å². The summed E-state index contributed by atoms with van der Waals surface area (Å²) in [4.78, 5) is 29.6. The van der Waals surface area contributed by atoms with Crippen LogP contribution in [0.2, 0.25) is 0 Å². The van der Waals surface area contributed by atoms with Crippen molar-refractivity contribution in [1.29, 1.82) is 0 Å². The molecule has 0 saturated carbocycles. The summed E-state index contributed by atoms with van der Waals surface area (Å²) in [5.41, 5.74) is 2.54. The fourth-order valence-electron chi connectivity index (χ4n) is 2.39. The van der Waals surface area contributed by atoms with Crippen LogP contribution in [-0.4, -0.2) is 27.5 Å². The van der Waals surface area contributed by atoms with E-state index >= 15 is 0 Å². The standard InChI is InChI=1S/C19H18N2O4S/c1-2-12-3-6-14(20-11-12)9-10-25-15-7-4-13(5-8-15)16(22)17-18(23)21-19(24)26-17/h3-8,11,23H,2,9-10H2,1H3,(H,21,24). The molecule has 6 nitrogen and oxygen atoms in total. The third kappa shape index (κ3) is 4.18. The molecule has 7 heteroatoms. The van der Waals surface area contributed by atoms with Crippen LogP contribution in [0.4, 0.5) is 0 Å². The van der Waals surface area contributed by atoms with Crippen LogP contribution < -0.4 is 9.61 Å². The number of ketones is 1. The summed E-state index contributed by atoms with van der Waals surface area (Å²) in [7, 11) is 0. The van der Waals surface area contributed by atoms with Gasteiger partial charge in [-0.1, -0.05) is 24.3 Å². The molecule has 2 N–H and O–H groups in total. The lowest BCUT2D eigenvalue weighted by atomic mass is 10.1. The van der Waals surface area contributed by atoms with Crippen LogP contribution in [0.1, 0.15) is 33.4 Å². The number of aromatic amines is 1. The van der Waals surface area contributed by atoms with E-state index in [0.717, 1.165) is 12.1 Å². The lowest BCUT2D eigenvalue weighted by Gasteiger charge is -2.07. The Kier molecular flexibility index (Phi) is 5.48. The van der Waals surface area contributed by atoms with Crippen LogP contribution in [-0.2, 0) is 12.8 Å². The molecule has 0 amide bonds. The first-order valence-electron chi connectivity index (χ1n) is 8.20. The van der Waals surface area contributed by atoms with Crippen molar-refractivity contribution in [2.45, 2.75) is 19.8 Å². The number of aromatic nitrogens is 2. The molecule has 1 aromatic carbocycles. The van der Waals surface area contributed by atoms with Gasteiger partial charge in [-0.2, -0.15) is 0 Å². The van der Waals surface area contributed by atoms with Crippen LogP contribution in [0, 0.1) is 0 Å². The number of nitrogens with one attached hydrogen (secondary N) is 1. The van der Waals surface area contributed by atoms with E-state index in [1.54, 1.807) is 24.3 Å². The molecule has 0 aliphatic heterocycles. The Bertz CT molecular complexity index is 943.